The second-order valence-electron chi connectivity index (χ2n) is 3.40. The van der Waals surface area contributed by atoms with E-state index in [9.17, 15) is 0 Å². The van der Waals surface area contributed by atoms with Gasteiger partial charge >= 0.3 is 0 Å². The molecular weight excluding hydrogens is 160 g/mol. The van der Waals surface area contributed by atoms with Crippen molar-refractivity contribution in [2.24, 2.45) is 5.10 Å². The zero-order valence-electron chi connectivity index (χ0n) is 9.21. The molecule has 0 unspecified atom stereocenters. The summed E-state index contributed by atoms with van der Waals surface area (Å²) in [5.41, 5.74) is 1.30. The van der Waals surface area contributed by atoms with Crippen molar-refractivity contribution in [3.05, 3.63) is 12.7 Å². The van der Waals surface area contributed by atoms with Gasteiger partial charge in [0.1, 0.15) is 0 Å². The van der Waals surface area contributed by atoms with Gasteiger partial charge in [-0.3, -0.25) is 0 Å². The van der Waals surface area contributed by atoms with E-state index in [2.05, 4.69) is 18.6 Å². The van der Waals surface area contributed by atoms with Crippen molar-refractivity contribution in [2.75, 3.05) is 14.1 Å². The molecule has 0 N–H and O–H groups in total. The van der Waals surface area contributed by atoms with Crippen LogP contribution in [-0.2, 0) is 0 Å². The third-order valence-electron chi connectivity index (χ3n) is 1.87. The van der Waals surface area contributed by atoms with Crippen molar-refractivity contribution in [1.29, 1.82) is 0 Å². The van der Waals surface area contributed by atoms with Crippen LogP contribution >= 0.6 is 0 Å². The molecule has 0 saturated carbocycles. The van der Waals surface area contributed by atoms with Crippen LogP contribution in [0, 0.1) is 0 Å². The molecule has 0 aromatic rings. The molecule has 0 aromatic carbocycles. The van der Waals surface area contributed by atoms with Crippen molar-refractivity contribution >= 4 is 5.71 Å². The Morgan fingerprint density at radius 3 is 2.54 bits per heavy atom. The molecule has 0 heterocycles. The van der Waals surface area contributed by atoms with Gasteiger partial charge in [0.25, 0.3) is 0 Å². The van der Waals surface area contributed by atoms with Gasteiger partial charge in [-0.15, -0.1) is 6.58 Å². The summed E-state index contributed by atoms with van der Waals surface area (Å²) >= 11 is 0. The molecule has 0 aliphatic carbocycles. The standard InChI is InChI=1S/C11H22N2/c1-5-7-8-9-10-11(6-2)12-13(3)4/h5H,1,6-10H2,2-4H3/b12-11+. The van der Waals surface area contributed by atoms with Crippen LogP contribution in [0.15, 0.2) is 17.8 Å². The molecule has 2 heteroatoms. The van der Waals surface area contributed by atoms with Gasteiger partial charge in [-0.05, 0) is 32.1 Å². The molecule has 0 bridgehead atoms. The first-order valence-electron chi connectivity index (χ1n) is 5.05. The van der Waals surface area contributed by atoms with E-state index in [-0.39, 0.29) is 0 Å². The molecule has 0 radical (unpaired) electrons. The molecule has 76 valence electrons. The molecule has 0 aromatic heterocycles. The number of hydrogen-bond donors (Lipinski definition) is 0. The number of unbranched alkanes of at least 4 members (excludes halogenated alkanes) is 2. The second-order valence-corrected chi connectivity index (χ2v) is 3.40. The van der Waals surface area contributed by atoms with E-state index in [0.717, 1.165) is 19.3 Å². The molecule has 0 aliphatic heterocycles. The Morgan fingerprint density at radius 2 is 2.08 bits per heavy atom. The van der Waals surface area contributed by atoms with Crippen LogP contribution in [-0.4, -0.2) is 24.8 Å². The van der Waals surface area contributed by atoms with E-state index in [1.807, 2.05) is 25.2 Å². The fraction of sp³-hybridized carbons (Fsp3) is 0.727. The predicted molar refractivity (Wildman–Crippen MR) is 60.1 cm³/mol. The van der Waals surface area contributed by atoms with Crippen LogP contribution in [0.2, 0.25) is 0 Å². The molecule has 0 amide bonds. The van der Waals surface area contributed by atoms with Gasteiger partial charge in [0.2, 0.25) is 0 Å². The summed E-state index contributed by atoms with van der Waals surface area (Å²) in [6.45, 7) is 5.87. The Morgan fingerprint density at radius 1 is 1.38 bits per heavy atom. The predicted octanol–water partition coefficient (Wildman–Crippen LogP) is 3.06. The van der Waals surface area contributed by atoms with Crippen molar-refractivity contribution in [3.63, 3.8) is 0 Å². The lowest BCUT2D eigenvalue weighted by Crippen LogP contribution is -2.08. The summed E-state index contributed by atoms with van der Waals surface area (Å²) in [5, 5.41) is 6.30. The normalized spacial score (nSPS) is 11.5. The smallest absolute Gasteiger partial charge is 0.0377 e. The van der Waals surface area contributed by atoms with Gasteiger partial charge in [0.05, 0.1) is 0 Å². The maximum atomic E-state index is 4.42. The van der Waals surface area contributed by atoms with Gasteiger partial charge < -0.3 is 5.01 Å². The van der Waals surface area contributed by atoms with Crippen LogP contribution in [0.1, 0.15) is 39.0 Å². The lowest BCUT2D eigenvalue weighted by atomic mass is 10.1. The van der Waals surface area contributed by atoms with Gasteiger partial charge in [0.15, 0.2) is 0 Å². The Bertz CT molecular complexity index is 159. The highest BCUT2D eigenvalue weighted by atomic mass is 15.4. The first-order valence-corrected chi connectivity index (χ1v) is 5.05. The van der Waals surface area contributed by atoms with E-state index >= 15 is 0 Å². The van der Waals surface area contributed by atoms with Gasteiger partial charge in [-0.25, -0.2) is 0 Å². The first kappa shape index (κ1) is 12.2. The number of hydrazone groups is 1. The average molecular weight is 182 g/mol. The molecule has 0 rings (SSSR count). The molecular formula is C11H22N2. The highest BCUT2D eigenvalue weighted by Crippen LogP contribution is 2.04. The minimum Gasteiger partial charge on any atom is -0.303 e. The molecule has 13 heavy (non-hydrogen) atoms. The lowest BCUT2D eigenvalue weighted by molar-refractivity contribution is 0.434. The Balaban J connectivity index is 3.65. The van der Waals surface area contributed by atoms with Gasteiger partial charge in [-0.2, -0.15) is 5.10 Å². The number of hydrogen-bond acceptors (Lipinski definition) is 2. The van der Waals surface area contributed by atoms with Crippen LogP contribution in [0.5, 0.6) is 0 Å². The average Bonchev–Trinajstić information content (AvgIpc) is 2.09. The zero-order valence-corrected chi connectivity index (χ0v) is 9.21. The Kier molecular flexibility index (Phi) is 7.36. The highest BCUT2D eigenvalue weighted by molar-refractivity contribution is 5.83. The van der Waals surface area contributed by atoms with Crippen molar-refractivity contribution in [1.82, 2.24) is 5.01 Å². The molecule has 2 nitrogen and oxygen atoms in total. The maximum absolute atomic E-state index is 4.42. The van der Waals surface area contributed by atoms with E-state index < -0.39 is 0 Å². The topological polar surface area (TPSA) is 15.6 Å². The second kappa shape index (κ2) is 7.84. The van der Waals surface area contributed by atoms with Crippen LogP contribution in [0.3, 0.4) is 0 Å². The zero-order chi connectivity index (χ0) is 10.1. The highest BCUT2D eigenvalue weighted by Gasteiger charge is 1.96. The monoisotopic (exact) mass is 182 g/mol. The Hall–Kier alpha value is -0.790. The van der Waals surface area contributed by atoms with Crippen LogP contribution < -0.4 is 0 Å². The van der Waals surface area contributed by atoms with E-state index in [1.165, 1.54) is 18.6 Å². The Labute approximate surface area is 82.3 Å². The van der Waals surface area contributed by atoms with E-state index in [1.54, 1.807) is 0 Å². The molecule has 0 aliphatic rings. The van der Waals surface area contributed by atoms with Crippen molar-refractivity contribution in [3.8, 4) is 0 Å². The summed E-state index contributed by atoms with van der Waals surface area (Å²) < 4.78 is 0. The SMILES string of the molecule is C=CCCCC/C(CC)=N/N(C)C. The van der Waals surface area contributed by atoms with E-state index in [0.29, 0.717) is 0 Å². The summed E-state index contributed by atoms with van der Waals surface area (Å²) in [6, 6.07) is 0. The number of allylic oxidation sites excluding steroid dienone is 1. The van der Waals surface area contributed by atoms with Gasteiger partial charge in [0, 0.05) is 19.8 Å². The minimum atomic E-state index is 1.06. The molecule has 0 saturated heterocycles. The first-order chi connectivity index (χ1) is 6.20. The molecule has 0 fully saturated rings. The van der Waals surface area contributed by atoms with Crippen molar-refractivity contribution in [2.45, 2.75) is 39.0 Å². The van der Waals surface area contributed by atoms with Crippen LogP contribution in [0.4, 0.5) is 0 Å². The van der Waals surface area contributed by atoms with Crippen molar-refractivity contribution < 1.29 is 0 Å². The molecule has 0 spiro atoms. The largest absolute Gasteiger partial charge is 0.303 e. The summed E-state index contributed by atoms with van der Waals surface area (Å²) in [6.07, 6.45) is 7.75. The number of nitrogens with zero attached hydrogens (tertiary/aromatic N) is 2. The quantitative estimate of drug-likeness (QED) is 0.256. The van der Waals surface area contributed by atoms with Gasteiger partial charge in [-0.1, -0.05) is 13.0 Å². The fourth-order valence-electron chi connectivity index (χ4n) is 1.20. The fourth-order valence-corrected chi connectivity index (χ4v) is 1.20. The summed E-state index contributed by atoms with van der Waals surface area (Å²) in [5.74, 6) is 0. The minimum absolute atomic E-state index is 1.06. The summed E-state index contributed by atoms with van der Waals surface area (Å²) in [7, 11) is 3.94. The lowest BCUT2D eigenvalue weighted by Gasteiger charge is -2.08. The van der Waals surface area contributed by atoms with E-state index in [4.69, 9.17) is 0 Å². The maximum Gasteiger partial charge on any atom is 0.0377 e. The summed E-state index contributed by atoms with van der Waals surface area (Å²) in [4.78, 5) is 0. The van der Waals surface area contributed by atoms with Crippen LogP contribution in [0.25, 0.3) is 0 Å². The third kappa shape index (κ3) is 7.57. The molecule has 0 atom stereocenters. The number of rotatable bonds is 7. The third-order valence-corrected chi connectivity index (χ3v) is 1.87.